The number of rotatable bonds is 53. The molecule has 0 radical (unpaired) electrons. The Morgan fingerprint density at radius 1 is 0.288 bits per heavy atom. The summed E-state index contributed by atoms with van der Waals surface area (Å²) in [5, 5.41) is 0. The zero-order valence-electron chi connectivity index (χ0n) is 47.4. The van der Waals surface area contributed by atoms with Gasteiger partial charge in [0.2, 0.25) is 0 Å². The highest BCUT2D eigenvalue weighted by molar-refractivity contribution is 5.71. The first-order chi connectivity index (χ1) is 36.0. The molecule has 0 saturated heterocycles. The summed E-state index contributed by atoms with van der Waals surface area (Å²) >= 11 is 0. The lowest BCUT2D eigenvalue weighted by atomic mass is 10.0. The Labute approximate surface area is 450 Å². The average molecular weight is 1010 g/mol. The second-order valence-electron chi connectivity index (χ2n) is 19.5. The van der Waals surface area contributed by atoms with E-state index in [4.69, 9.17) is 14.2 Å². The third-order valence-corrected chi connectivity index (χ3v) is 12.5. The molecule has 0 aliphatic carbocycles. The van der Waals surface area contributed by atoms with E-state index in [0.717, 1.165) is 128 Å². The molecule has 1 unspecified atom stereocenters. The van der Waals surface area contributed by atoms with E-state index in [0.29, 0.717) is 25.7 Å². The maximum Gasteiger partial charge on any atom is 0.306 e. The molecule has 0 amide bonds. The summed E-state index contributed by atoms with van der Waals surface area (Å²) in [6, 6.07) is 0. The molecule has 1 atom stereocenters. The predicted octanol–water partition coefficient (Wildman–Crippen LogP) is 20.4. The number of allylic oxidation sites excluding steroid dienone is 20. The average Bonchev–Trinajstić information content (AvgIpc) is 3.39. The fourth-order valence-corrected chi connectivity index (χ4v) is 7.94. The first-order valence-corrected chi connectivity index (χ1v) is 30.0. The van der Waals surface area contributed by atoms with Crippen molar-refractivity contribution in [2.45, 2.75) is 271 Å². The Hall–Kier alpha value is -4.19. The van der Waals surface area contributed by atoms with Gasteiger partial charge in [-0.2, -0.15) is 0 Å². The molecule has 0 rings (SSSR count). The fraction of sp³-hybridized carbons (Fsp3) is 0.657. The molecule has 0 bridgehead atoms. The van der Waals surface area contributed by atoms with Crippen LogP contribution in [0.4, 0.5) is 0 Å². The van der Waals surface area contributed by atoms with Crippen molar-refractivity contribution >= 4 is 17.9 Å². The standard InChI is InChI=1S/C67H110O6/c1-4-7-10-13-16-19-22-25-28-29-30-31-32-33-34-35-36-37-38-39-40-43-45-48-51-54-57-60-66(69)72-63-64(73-67(70)61-58-55-52-49-46-42-27-24-21-18-15-12-9-6-3)62-71-65(68)59-56-53-50-47-44-41-26-23-20-17-14-11-8-5-2/h7,10,15-16,18-19,24-25,27-28,30-31,33-34,36-37,39-40,45,48,64H,4-6,8-9,11-14,17,20-23,26,29,32,35,38,41-44,46-47,49-63H2,1-3H3/b10-7-,18-15-,19-16-,27-24-,28-25-,31-30-,34-33-,37-36-,40-39-,48-45-. The van der Waals surface area contributed by atoms with Crippen LogP contribution in [-0.4, -0.2) is 37.2 Å². The summed E-state index contributed by atoms with van der Waals surface area (Å²) < 4.78 is 16.8. The molecule has 0 aromatic rings. The minimum atomic E-state index is -0.805. The van der Waals surface area contributed by atoms with Gasteiger partial charge in [-0.25, -0.2) is 0 Å². The van der Waals surface area contributed by atoms with Crippen molar-refractivity contribution in [1.29, 1.82) is 0 Å². The van der Waals surface area contributed by atoms with Crippen LogP contribution < -0.4 is 0 Å². The maximum atomic E-state index is 12.8. The highest BCUT2D eigenvalue weighted by atomic mass is 16.6. The van der Waals surface area contributed by atoms with Gasteiger partial charge in [-0.1, -0.05) is 258 Å². The van der Waals surface area contributed by atoms with Crippen molar-refractivity contribution in [3.8, 4) is 0 Å². The summed E-state index contributed by atoms with van der Waals surface area (Å²) in [4.78, 5) is 38.2. The van der Waals surface area contributed by atoms with Crippen molar-refractivity contribution in [3.05, 3.63) is 122 Å². The Morgan fingerprint density at radius 2 is 0.548 bits per heavy atom. The van der Waals surface area contributed by atoms with Crippen LogP contribution in [0.25, 0.3) is 0 Å². The maximum absolute atomic E-state index is 12.8. The Kier molecular flexibility index (Phi) is 56.9. The van der Waals surface area contributed by atoms with Gasteiger partial charge in [0.05, 0.1) is 0 Å². The first-order valence-electron chi connectivity index (χ1n) is 30.0. The molecule has 6 nitrogen and oxygen atoms in total. The number of esters is 3. The first kappa shape index (κ1) is 68.8. The Morgan fingerprint density at radius 3 is 0.904 bits per heavy atom. The molecule has 0 spiro atoms. The summed E-state index contributed by atoms with van der Waals surface area (Å²) in [5.74, 6) is -0.957. The highest BCUT2D eigenvalue weighted by Crippen LogP contribution is 2.15. The minimum Gasteiger partial charge on any atom is -0.462 e. The minimum absolute atomic E-state index is 0.0981. The van der Waals surface area contributed by atoms with E-state index in [1.807, 2.05) is 0 Å². The van der Waals surface area contributed by atoms with Crippen LogP contribution >= 0.6 is 0 Å². The molecular weight excluding hydrogens is 901 g/mol. The normalized spacial score (nSPS) is 13.0. The number of carbonyl (C=O) groups is 3. The van der Waals surface area contributed by atoms with Gasteiger partial charge in [0.25, 0.3) is 0 Å². The topological polar surface area (TPSA) is 78.9 Å². The summed E-state index contributed by atoms with van der Waals surface area (Å²) in [6.07, 6.45) is 83.4. The molecule has 0 fully saturated rings. The Balaban J connectivity index is 4.43. The van der Waals surface area contributed by atoms with Gasteiger partial charge in [-0.15, -0.1) is 0 Å². The van der Waals surface area contributed by atoms with Crippen LogP contribution in [0.3, 0.4) is 0 Å². The monoisotopic (exact) mass is 1010 g/mol. The molecule has 0 saturated carbocycles. The van der Waals surface area contributed by atoms with Crippen LogP contribution in [-0.2, 0) is 28.6 Å². The second kappa shape index (κ2) is 60.4. The largest absolute Gasteiger partial charge is 0.462 e. The van der Waals surface area contributed by atoms with Gasteiger partial charge < -0.3 is 14.2 Å². The van der Waals surface area contributed by atoms with Gasteiger partial charge in [0.15, 0.2) is 6.10 Å². The molecule has 0 aromatic carbocycles. The van der Waals surface area contributed by atoms with Crippen LogP contribution in [0, 0.1) is 0 Å². The van der Waals surface area contributed by atoms with Gasteiger partial charge in [-0.3, -0.25) is 14.4 Å². The number of hydrogen-bond acceptors (Lipinski definition) is 6. The third kappa shape index (κ3) is 58.6. The number of hydrogen-bond donors (Lipinski definition) is 0. The summed E-state index contributed by atoms with van der Waals surface area (Å²) in [5.41, 5.74) is 0. The number of carbonyl (C=O) groups excluding carboxylic acids is 3. The van der Waals surface area contributed by atoms with E-state index >= 15 is 0 Å². The van der Waals surface area contributed by atoms with Gasteiger partial charge in [-0.05, 0) is 109 Å². The van der Waals surface area contributed by atoms with Crippen molar-refractivity contribution in [3.63, 3.8) is 0 Å². The SMILES string of the molecule is CC/C=C\C/C=C\C/C=C\C/C=C\C/C=C\C/C=C\C/C=C\C/C=C\CCCCC(=O)OCC(COC(=O)CCCCCCCCCCCCCCCC)OC(=O)CCCCCCC/C=C\C/C=C\CCCC. The van der Waals surface area contributed by atoms with Crippen molar-refractivity contribution in [2.75, 3.05) is 13.2 Å². The number of ether oxygens (including phenoxy) is 3. The lowest BCUT2D eigenvalue weighted by molar-refractivity contribution is -0.167. The summed E-state index contributed by atoms with van der Waals surface area (Å²) in [7, 11) is 0. The predicted molar refractivity (Wildman–Crippen MR) is 316 cm³/mol. The van der Waals surface area contributed by atoms with Crippen LogP contribution in [0.2, 0.25) is 0 Å². The molecule has 73 heavy (non-hydrogen) atoms. The zero-order valence-corrected chi connectivity index (χ0v) is 47.4. The van der Waals surface area contributed by atoms with Crippen LogP contribution in [0.15, 0.2) is 122 Å². The van der Waals surface area contributed by atoms with E-state index in [1.165, 1.54) is 89.9 Å². The van der Waals surface area contributed by atoms with Gasteiger partial charge in [0.1, 0.15) is 13.2 Å². The molecule has 0 aliphatic rings. The van der Waals surface area contributed by atoms with E-state index in [1.54, 1.807) is 0 Å². The smallest absolute Gasteiger partial charge is 0.306 e. The highest BCUT2D eigenvalue weighted by Gasteiger charge is 2.19. The second-order valence-corrected chi connectivity index (χ2v) is 19.5. The molecular formula is C67H110O6. The van der Waals surface area contributed by atoms with Crippen LogP contribution in [0.5, 0.6) is 0 Å². The fourth-order valence-electron chi connectivity index (χ4n) is 7.94. The molecule has 0 heterocycles. The zero-order chi connectivity index (χ0) is 52.9. The molecule has 414 valence electrons. The van der Waals surface area contributed by atoms with E-state index in [9.17, 15) is 14.4 Å². The van der Waals surface area contributed by atoms with Gasteiger partial charge >= 0.3 is 17.9 Å². The molecule has 0 aromatic heterocycles. The van der Waals surface area contributed by atoms with E-state index < -0.39 is 6.10 Å². The van der Waals surface area contributed by atoms with Crippen molar-refractivity contribution in [2.24, 2.45) is 0 Å². The lowest BCUT2D eigenvalue weighted by Crippen LogP contribution is -2.30. The van der Waals surface area contributed by atoms with E-state index in [-0.39, 0.29) is 31.1 Å². The summed E-state index contributed by atoms with van der Waals surface area (Å²) in [6.45, 7) is 6.44. The molecule has 0 aliphatic heterocycles. The quantitative estimate of drug-likeness (QED) is 0.0261. The van der Waals surface area contributed by atoms with Crippen LogP contribution in [0.1, 0.15) is 265 Å². The van der Waals surface area contributed by atoms with E-state index in [2.05, 4.69) is 142 Å². The van der Waals surface area contributed by atoms with Gasteiger partial charge in [0, 0.05) is 19.3 Å². The molecule has 0 N–H and O–H groups in total. The van der Waals surface area contributed by atoms with Crippen molar-refractivity contribution < 1.29 is 28.6 Å². The third-order valence-electron chi connectivity index (χ3n) is 12.5. The lowest BCUT2D eigenvalue weighted by Gasteiger charge is -2.18. The number of unbranched alkanes of at least 4 members (excludes halogenated alkanes) is 22. The van der Waals surface area contributed by atoms with Crippen molar-refractivity contribution in [1.82, 2.24) is 0 Å². The molecule has 6 heteroatoms. The Bertz CT molecular complexity index is 1540.